The van der Waals surface area contributed by atoms with Crippen LogP contribution in [0.2, 0.25) is 0 Å². The first kappa shape index (κ1) is 20.0. The molecular formula is C19H30ClNO2. The summed E-state index contributed by atoms with van der Waals surface area (Å²) in [6, 6.07) is 8.33. The normalized spacial score (nSPS) is 17.3. The summed E-state index contributed by atoms with van der Waals surface area (Å²) >= 11 is 0. The molecule has 1 saturated heterocycles. The second-order valence-corrected chi connectivity index (χ2v) is 6.33. The number of halogens is 1. The zero-order valence-electron chi connectivity index (χ0n) is 14.6. The lowest BCUT2D eigenvalue weighted by molar-refractivity contribution is -0.166. The number of esters is 1. The Kier molecular flexibility index (Phi) is 8.07. The Hall–Kier alpha value is -1.06. The van der Waals surface area contributed by atoms with E-state index in [0.29, 0.717) is 6.42 Å². The van der Waals surface area contributed by atoms with Crippen molar-refractivity contribution in [3.8, 4) is 0 Å². The van der Waals surface area contributed by atoms with E-state index in [4.69, 9.17) is 4.74 Å². The van der Waals surface area contributed by atoms with Gasteiger partial charge in [-0.05, 0) is 31.0 Å². The number of hydrogen-bond acceptors (Lipinski definition) is 3. The molecule has 2 rings (SSSR count). The third-order valence-corrected chi connectivity index (χ3v) is 4.73. The van der Waals surface area contributed by atoms with Gasteiger partial charge in [0.25, 0.3) is 0 Å². The van der Waals surface area contributed by atoms with Crippen molar-refractivity contribution in [3.63, 3.8) is 0 Å². The number of hydrogen-bond donors (Lipinski definition) is 0. The SMILES string of the molecule is CCCCN1CCC(OC(=O)CC)(c2ccccc2C)CC1.Cl. The van der Waals surface area contributed by atoms with E-state index in [9.17, 15) is 4.79 Å². The fourth-order valence-electron chi connectivity index (χ4n) is 3.32. The average molecular weight is 340 g/mol. The van der Waals surface area contributed by atoms with E-state index in [1.54, 1.807) is 0 Å². The number of ether oxygens (including phenoxy) is 1. The second kappa shape index (κ2) is 9.29. The number of carbonyl (C=O) groups is 1. The van der Waals surface area contributed by atoms with E-state index in [1.165, 1.54) is 24.0 Å². The number of nitrogens with zero attached hydrogens (tertiary/aromatic N) is 1. The van der Waals surface area contributed by atoms with E-state index in [0.717, 1.165) is 32.5 Å². The van der Waals surface area contributed by atoms with Crippen molar-refractivity contribution in [2.45, 2.75) is 58.5 Å². The molecule has 0 aromatic heterocycles. The van der Waals surface area contributed by atoms with Crippen molar-refractivity contribution < 1.29 is 9.53 Å². The highest BCUT2D eigenvalue weighted by molar-refractivity contribution is 5.85. The summed E-state index contributed by atoms with van der Waals surface area (Å²) in [5.41, 5.74) is 1.97. The minimum Gasteiger partial charge on any atom is -0.454 e. The van der Waals surface area contributed by atoms with Crippen molar-refractivity contribution in [3.05, 3.63) is 35.4 Å². The summed E-state index contributed by atoms with van der Waals surface area (Å²) in [5, 5.41) is 0. The molecule has 0 N–H and O–H groups in total. The number of benzene rings is 1. The van der Waals surface area contributed by atoms with Gasteiger partial charge in [0.15, 0.2) is 0 Å². The average Bonchev–Trinajstić information content (AvgIpc) is 2.54. The van der Waals surface area contributed by atoms with Crippen LogP contribution >= 0.6 is 12.4 Å². The Labute approximate surface area is 146 Å². The Morgan fingerprint density at radius 1 is 1.22 bits per heavy atom. The smallest absolute Gasteiger partial charge is 0.306 e. The van der Waals surface area contributed by atoms with Gasteiger partial charge in [0, 0.05) is 32.4 Å². The molecule has 0 bridgehead atoms. The van der Waals surface area contributed by atoms with E-state index in [2.05, 4.69) is 30.9 Å². The highest BCUT2D eigenvalue weighted by Crippen LogP contribution is 2.38. The second-order valence-electron chi connectivity index (χ2n) is 6.33. The molecule has 0 amide bonds. The third kappa shape index (κ3) is 4.95. The number of unbranched alkanes of at least 4 members (excludes halogenated alkanes) is 1. The number of piperidine rings is 1. The largest absolute Gasteiger partial charge is 0.454 e. The standard InChI is InChI=1S/C19H29NO2.ClH/c1-4-6-13-20-14-11-19(12-15-20,22-18(21)5-2)17-10-8-7-9-16(17)3;/h7-10H,4-6,11-15H2,1-3H3;1H. The fourth-order valence-corrected chi connectivity index (χ4v) is 3.32. The van der Waals surface area contributed by atoms with Crippen LogP contribution in [0.1, 0.15) is 57.1 Å². The third-order valence-electron chi connectivity index (χ3n) is 4.73. The molecule has 0 saturated carbocycles. The number of aryl methyl sites for hydroxylation is 1. The van der Waals surface area contributed by atoms with Gasteiger partial charge in [-0.1, -0.05) is 44.5 Å². The molecule has 0 atom stereocenters. The number of carbonyl (C=O) groups excluding carboxylic acids is 1. The highest BCUT2D eigenvalue weighted by Gasteiger charge is 2.40. The topological polar surface area (TPSA) is 29.5 Å². The van der Waals surface area contributed by atoms with Crippen LogP contribution in [-0.4, -0.2) is 30.5 Å². The van der Waals surface area contributed by atoms with Gasteiger partial charge in [-0.3, -0.25) is 4.79 Å². The summed E-state index contributed by atoms with van der Waals surface area (Å²) in [7, 11) is 0. The van der Waals surface area contributed by atoms with Gasteiger partial charge in [-0.2, -0.15) is 0 Å². The maximum Gasteiger partial charge on any atom is 0.306 e. The predicted octanol–water partition coefficient (Wildman–Crippen LogP) is 4.46. The fraction of sp³-hybridized carbons (Fsp3) is 0.632. The maximum absolute atomic E-state index is 12.0. The zero-order chi connectivity index (χ0) is 16.0. The molecule has 130 valence electrons. The molecule has 1 aliphatic heterocycles. The van der Waals surface area contributed by atoms with E-state index >= 15 is 0 Å². The zero-order valence-corrected chi connectivity index (χ0v) is 15.5. The van der Waals surface area contributed by atoms with Crippen molar-refractivity contribution >= 4 is 18.4 Å². The Bertz CT molecular complexity index is 496. The summed E-state index contributed by atoms with van der Waals surface area (Å²) < 4.78 is 5.98. The van der Waals surface area contributed by atoms with Crippen molar-refractivity contribution in [2.75, 3.05) is 19.6 Å². The molecule has 23 heavy (non-hydrogen) atoms. The molecule has 1 aromatic carbocycles. The molecule has 1 aromatic rings. The Morgan fingerprint density at radius 3 is 2.43 bits per heavy atom. The van der Waals surface area contributed by atoms with Crippen LogP contribution in [0, 0.1) is 6.92 Å². The minimum atomic E-state index is -0.429. The lowest BCUT2D eigenvalue weighted by Gasteiger charge is -2.42. The first-order valence-corrected chi connectivity index (χ1v) is 8.61. The molecule has 3 nitrogen and oxygen atoms in total. The molecule has 4 heteroatoms. The monoisotopic (exact) mass is 339 g/mol. The molecular weight excluding hydrogens is 310 g/mol. The van der Waals surface area contributed by atoms with Gasteiger partial charge >= 0.3 is 5.97 Å². The van der Waals surface area contributed by atoms with Crippen LogP contribution in [0.5, 0.6) is 0 Å². The van der Waals surface area contributed by atoms with Gasteiger partial charge in [0.2, 0.25) is 0 Å². The Morgan fingerprint density at radius 2 is 1.87 bits per heavy atom. The minimum absolute atomic E-state index is 0. The van der Waals surface area contributed by atoms with Gasteiger partial charge in [-0.15, -0.1) is 12.4 Å². The maximum atomic E-state index is 12.0. The molecule has 0 radical (unpaired) electrons. The van der Waals surface area contributed by atoms with Crippen molar-refractivity contribution in [1.82, 2.24) is 4.90 Å². The van der Waals surface area contributed by atoms with Crippen LogP contribution in [-0.2, 0) is 15.1 Å². The van der Waals surface area contributed by atoms with E-state index in [1.807, 2.05) is 19.1 Å². The van der Waals surface area contributed by atoms with Crippen LogP contribution < -0.4 is 0 Å². The Balaban J connectivity index is 0.00000264. The molecule has 0 unspecified atom stereocenters. The van der Waals surface area contributed by atoms with Gasteiger partial charge in [-0.25, -0.2) is 0 Å². The van der Waals surface area contributed by atoms with E-state index in [-0.39, 0.29) is 18.4 Å². The summed E-state index contributed by atoms with van der Waals surface area (Å²) in [5.74, 6) is -0.0924. The lowest BCUT2D eigenvalue weighted by atomic mass is 9.81. The lowest BCUT2D eigenvalue weighted by Crippen LogP contribution is -2.45. The van der Waals surface area contributed by atoms with Gasteiger partial charge in [0.05, 0.1) is 0 Å². The number of likely N-dealkylation sites (tertiary alicyclic amines) is 1. The highest BCUT2D eigenvalue weighted by atomic mass is 35.5. The molecule has 1 aliphatic rings. The summed E-state index contributed by atoms with van der Waals surface area (Å²) in [6.45, 7) is 9.37. The molecule has 1 heterocycles. The first-order valence-electron chi connectivity index (χ1n) is 8.61. The van der Waals surface area contributed by atoms with Crippen LogP contribution in [0.15, 0.2) is 24.3 Å². The van der Waals surface area contributed by atoms with Crippen molar-refractivity contribution in [2.24, 2.45) is 0 Å². The van der Waals surface area contributed by atoms with Gasteiger partial charge in [0.1, 0.15) is 5.60 Å². The first-order chi connectivity index (χ1) is 10.6. The molecule has 0 spiro atoms. The molecule has 1 fully saturated rings. The van der Waals surface area contributed by atoms with Crippen LogP contribution in [0.25, 0.3) is 0 Å². The summed E-state index contributed by atoms with van der Waals surface area (Å²) in [4.78, 5) is 14.5. The quantitative estimate of drug-likeness (QED) is 0.716. The van der Waals surface area contributed by atoms with Crippen molar-refractivity contribution in [1.29, 1.82) is 0 Å². The summed E-state index contributed by atoms with van der Waals surface area (Å²) in [6.07, 6.45) is 4.70. The van der Waals surface area contributed by atoms with Crippen LogP contribution in [0.3, 0.4) is 0 Å². The van der Waals surface area contributed by atoms with Crippen LogP contribution in [0.4, 0.5) is 0 Å². The van der Waals surface area contributed by atoms with E-state index < -0.39 is 5.60 Å². The predicted molar refractivity (Wildman–Crippen MR) is 97.1 cm³/mol. The van der Waals surface area contributed by atoms with Gasteiger partial charge < -0.3 is 9.64 Å². The molecule has 0 aliphatic carbocycles. The number of rotatable bonds is 6.